The number of para-hydroxylation sites is 1. The van der Waals surface area contributed by atoms with Gasteiger partial charge in [-0.25, -0.2) is 13.6 Å². The van der Waals surface area contributed by atoms with Crippen LogP contribution in [0.3, 0.4) is 0 Å². The van der Waals surface area contributed by atoms with E-state index >= 15 is 0 Å². The minimum Gasteiger partial charge on any atom is -0.350 e. The Kier molecular flexibility index (Phi) is 3.42. The first kappa shape index (κ1) is 13.9. The molecule has 1 amide bonds. The van der Waals surface area contributed by atoms with Crippen LogP contribution >= 0.6 is 0 Å². The molecule has 0 saturated carbocycles. The summed E-state index contributed by atoms with van der Waals surface area (Å²) in [4.78, 5) is 11.4. The van der Waals surface area contributed by atoms with Gasteiger partial charge in [0.05, 0.1) is 5.69 Å². The molecule has 3 aromatic rings. The van der Waals surface area contributed by atoms with E-state index in [0.29, 0.717) is 16.6 Å². The van der Waals surface area contributed by atoms with E-state index < -0.39 is 11.8 Å². The van der Waals surface area contributed by atoms with E-state index in [2.05, 4.69) is 5.10 Å². The lowest BCUT2D eigenvalue weighted by atomic mass is 10.1. The first-order valence-corrected chi connectivity index (χ1v) is 6.47. The molecule has 0 unspecified atom stereocenters. The molecule has 1 heterocycles. The van der Waals surface area contributed by atoms with Crippen molar-refractivity contribution in [3.63, 3.8) is 0 Å². The van der Waals surface area contributed by atoms with Crippen molar-refractivity contribution >= 4 is 29.1 Å². The molecule has 0 aliphatic heterocycles. The second kappa shape index (κ2) is 5.40. The number of aromatic nitrogens is 2. The molecule has 0 aliphatic carbocycles. The molecule has 4 nitrogen and oxygen atoms in total. The maximum Gasteiger partial charge on any atom is 0.340 e. The van der Waals surface area contributed by atoms with Crippen LogP contribution in [0, 0.1) is 11.6 Å². The molecule has 0 fully saturated rings. The fourth-order valence-corrected chi connectivity index (χ4v) is 2.21. The maximum absolute atomic E-state index is 13.9. The summed E-state index contributed by atoms with van der Waals surface area (Å²) in [6.45, 7) is 0. The number of rotatable bonds is 2. The molecule has 0 atom stereocenters. The lowest BCUT2D eigenvalue weighted by Crippen LogP contribution is -2.21. The van der Waals surface area contributed by atoms with Crippen molar-refractivity contribution in [2.24, 2.45) is 5.73 Å². The van der Waals surface area contributed by atoms with Crippen LogP contribution in [-0.4, -0.2) is 15.8 Å². The number of fused-ring (bicyclic) bond motifs is 1. The second-order valence-corrected chi connectivity index (χ2v) is 4.63. The number of halogens is 2. The molecule has 1 aromatic heterocycles. The molecule has 2 aromatic carbocycles. The van der Waals surface area contributed by atoms with Gasteiger partial charge in [-0.15, -0.1) is 0 Å². The Morgan fingerprint density at radius 1 is 1.05 bits per heavy atom. The Bertz CT molecular complexity index is 900. The number of amides is 1. The largest absolute Gasteiger partial charge is 0.350 e. The highest BCUT2D eigenvalue weighted by atomic mass is 19.1. The molecule has 3 rings (SSSR count). The van der Waals surface area contributed by atoms with Crippen molar-refractivity contribution in [2.45, 2.75) is 0 Å². The molecule has 6 heteroatoms. The van der Waals surface area contributed by atoms with Gasteiger partial charge < -0.3 is 5.73 Å². The zero-order valence-electron chi connectivity index (χ0n) is 11.3. The average Bonchev–Trinajstić information content (AvgIpc) is 2.87. The van der Waals surface area contributed by atoms with E-state index in [9.17, 15) is 13.6 Å². The van der Waals surface area contributed by atoms with Crippen LogP contribution in [0.15, 0.2) is 42.5 Å². The monoisotopic (exact) mass is 299 g/mol. The fourth-order valence-electron chi connectivity index (χ4n) is 2.21. The number of hydrogen-bond donors (Lipinski definition) is 1. The van der Waals surface area contributed by atoms with Gasteiger partial charge in [0.25, 0.3) is 0 Å². The highest BCUT2D eigenvalue weighted by Gasteiger charge is 2.15. The number of carbonyl (C=O) groups is 1. The molecule has 2 N–H and O–H groups in total. The Balaban J connectivity index is 2.14. The van der Waals surface area contributed by atoms with Crippen LogP contribution in [0.25, 0.3) is 23.1 Å². The molecular formula is C16H11F2N3O. The van der Waals surface area contributed by atoms with Crippen molar-refractivity contribution < 1.29 is 13.6 Å². The molecule has 22 heavy (non-hydrogen) atoms. The summed E-state index contributed by atoms with van der Waals surface area (Å²) in [7, 11) is 0. The van der Waals surface area contributed by atoms with Crippen LogP contribution in [-0.2, 0) is 0 Å². The van der Waals surface area contributed by atoms with E-state index in [-0.39, 0.29) is 11.3 Å². The topological polar surface area (TPSA) is 60.9 Å². The smallest absolute Gasteiger partial charge is 0.340 e. The van der Waals surface area contributed by atoms with Gasteiger partial charge in [-0.1, -0.05) is 30.3 Å². The fraction of sp³-hybridized carbons (Fsp3) is 0. The molecule has 0 spiro atoms. The summed E-state index contributed by atoms with van der Waals surface area (Å²) in [5.41, 5.74) is 5.90. The van der Waals surface area contributed by atoms with E-state index in [1.807, 2.05) is 0 Å². The minimum absolute atomic E-state index is 0.00295. The van der Waals surface area contributed by atoms with Gasteiger partial charge in [-0.3, -0.25) is 0 Å². The van der Waals surface area contributed by atoms with Crippen LogP contribution in [0.5, 0.6) is 0 Å². The lowest BCUT2D eigenvalue weighted by Gasteiger charge is -1.96. The number of hydrogen-bond acceptors (Lipinski definition) is 2. The van der Waals surface area contributed by atoms with Crippen LogP contribution in [0.1, 0.15) is 11.3 Å². The summed E-state index contributed by atoms with van der Waals surface area (Å²) >= 11 is 0. The van der Waals surface area contributed by atoms with Gasteiger partial charge in [-0.2, -0.15) is 9.78 Å². The van der Waals surface area contributed by atoms with Gasteiger partial charge in [0.15, 0.2) is 0 Å². The quantitative estimate of drug-likeness (QED) is 0.788. The van der Waals surface area contributed by atoms with Crippen molar-refractivity contribution in [1.82, 2.24) is 9.78 Å². The van der Waals surface area contributed by atoms with E-state index in [0.717, 1.165) is 4.68 Å². The van der Waals surface area contributed by atoms with E-state index in [1.54, 1.807) is 24.3 Å². The van der Waals surface area contributed by atoms with Gasteiger partial charge in [0.1, 0.15) is 17.2 Å². The molecule has 0 bridgehead atoms. The van der Waals surface area contributed by atoms with Crippen molar-refractivity contribution in [3.05, 3.63) is 65.4 Å². The number of primary amides is 1. The van der Waals surface area contributed by atoms with Crippen molar-refractivity contribution in [2.75, 3.05) is 0 Å². The number of benzene rings is 2. The molecule has 0 aliphatic rings. The third kappa shape index (κ3) is 2.35. The normalized spacial score (nSPS) is 11.4. The first-order chi connectivity index (χ1) is 10.6. The Hall–Kier alpha value is -3.02. The lowest BCUT2D eigenvalue weighted by molar-refractivity contribution is 0.248. The summed E-state index contributed by atoms with van der Waals surface area (Å²) in [5, 5.41) is 4.41. The third-order valence-electron chi connectivity index (χ3n) is 3.22. The van der Waals surface area contributed by atoms with Crippen LogP contribution in [0.2, 0.25) is 0 Å². The maximum atomic E-state index is 13.9. The second-order valence-electron chi connectivity index (χ2n) is 4.63. The highest BCUT2D eigenvalue weighted by Crippen LogP contribution is 2.23. The standard InChI is InChI=1S/C16H11F2N3O/c17-12-6-2-1-4-10(12)8-9-14-11-5-3-7-13(18)15(11)21(20-14)16(19)22/h1-9H,(H2,19,22)/b9-8+. The molecule has 110 valence electrons. The van der Waals surface area contributed by atoms with E-state index in [1.165, 1.54) is 30.4 Å². The predicted molar refractivity (Wildman–Crippen MR) is 80.0 cm³/mol. The Labute approximate surface area is 124 Å². The zero-order valence-corrected chi connectivity index (χ0v) is 11.3. The van der Waals surface area contributed by atoms with Gasteiger partial charge in [-0.05, 0) is 24.3 Å². The Morgan fingerprint density at radius 3 is 2.50 bits per heavy atom. The van der Waals surface area contributed by atoms with Crippen molar-refractivity contribution in [3.8, 4) is 0 Å². The first-order valence-electron chi connectivity index (χ1n) is 6.47. The summed E-state index contributed by atoms with van der Waals surface area (Å²) in [6, 6.07) is 9.66. The molecule has 0 radical (unpaired) electrons. The van der Waals surface area contributed by atoms with E-state index in [4.69, 9.17) is 5.73 Å². The van der Waals surface area contributed by atoms with Gasteiger partial charge in [0.2, 0.25) is 0 Å². The molecular weight excluding hydrogens is 288 g/mol. The van der Waals surface area contributed by atoms with Crippen LogP contribution in [0.4, 0.5) is 13.6 Å². The van der Waals surface area contributed by atoms with Crippen LogP contribution < -0.4 is 5.73 Å². The van der Waals surface area contributed by atoms with Gasteiger partial charge >= 0.3 is 6.03 Å². The van der Waals surface area contributed by atoms with Gasteiger partial charge in [0, 0.05) is 10.9 Å². The summed E-state index contributed by atoms with van der Waals surface area (Å²) in [5.74, 6) is -0.988. The zero-order chi connectivity index (χ0) is 15.7. The minimum atomic E-state index is -0.888. The average molecular weight is 299 g/mol. The summed E-state index contributed by atoms with van der Waals surface area (Å²) in [6.07, 6.45) is 3.02. The predicted octanol–water partition coefficient (Wildman–Crippen LogP) is 3.41. The number of nitrogens with two attached hydrogens (primary N) is 1. The highest BCUT2D eigenvalue weighted by molar-refractivity contribution is 5.95. The summed E-state index contributed by atoms with van der Waals surface area (Å²) < 4.78 is 28.3. The van der Waals surface area contributed by atoms with Crippen molar-refractivity contribution in [1.29, 1.82) is 0 Å². The molecule has 0 saturated heterocycles. The SMILES string of the molecule is NC(=O)n1nc(/C=C/c2ccccc2F)c2cccc(F)c21. The third-order valence-corrected chi connectivity index (χ3v) is 3.22. The number of carbonyl (C=O) groups excluding carboxylic acids is 1. The number of nitrogens with zero attached hydrogens (tertiary/aromatic N) is 2. The Morgan fingerprint density at radius 2 is 1.77 bits per heavy atom.